The summed E-state index contributed by atoms with van der Waals surface area (Å²) in [5.74, 6) is -1.89. The number of nitrogens with one attached hydrogen (secondary N) is 3. The van der Waals surface area contributed by atoms with E-state index < -0.39 is 26.6 Å². The fourth-order valence-electron chi connectivity index (χ4n) is 2.52. The molecule has 3 N–H and O–H groups in total. The number of hydrogen-bond acceptors (Lipinski definition) is 6. The molecule has 0 saturated carbocycles. The Morgan fingerprint density at radius 3 is 2.67 bits per heavy atom. The molecule has 2 aromatic rings. The van der Waals surface area contributed by atoms with Crippen molar-refractivity contribution in [3.63, 3.8) is 0 Å². The molecule has 1 fully saturated rings. The van der Waals surface area contributed by atoms with Gasteiger partial charge in [-0.05, 0) is 37.6 Å². The third-order valence-electron chi connectivity index (χ3n) is 3.70. The average molecular weight is 374 g/mol. The van der Waals surface area contributed by atoms with Crippen molar-refractivity contribution < 1.29 is 17.2 Å². The van der Waals surface area contributed by atoms with Crippen LogP contribution in [-0.2, 0) is 10.0 Å². The van der Waals surface area contributed by atoms with Crippen LogP contribution in [0.15, 0.2) is 27.9 Å². The molecule has 2 heterocycles. The van der Waals surface area contributed by atoms with Crippen LogP contribution < -0.4 is 15.4 Å². The monoisotopic (exact) mass is 374 g/mol. The molecule has 10 heteroatoms. The van der Waals surface area contributed by atoms with Crippen LogP contribution in [0, 0.1) is 17.6 Å². The predicted octanol–water partition coefficient (Wildman–Crippen LogP) is 2.24. The van der Waals surface area contributed by atoms with Gasteiger partial charge in [0.25, 0.3) is 10.0 Å². The highest BCUT2D eigenvalue weighted by molar-refractivity contribution is 7.92. The Hall–Kier alpha value is -1.78. The molecule has 1 aromatic heterocycles. The maximum absolute atomic E-state index is 14.2. The second kappa shape index (κ2) is 6.99. The predicted molar refractivity (Wildman–Crippen MR) is 88.7 cm³/mol. The molecular weight excluding hydrogens is 358 g/mol. The van der Waals surface area contributed by atoms with Crippen molar-refractivity contribution in [2.45, 2.75) is 11.3 Å². The normalized spacial score (nSPS) is 17.8. The number of rotatable bonds is 6. The van der Waals surface area contributed by atoms with Crippen LogP contribution in [-0.4, -0.2) is 33.0 Å². The van der Waals surface area contributed by atoms with Crippen LogP contribution in [0.1, 0.15) is 6.42 Å². The highest BCUT2D eigenvalue weighted by Gasteiger charge is 2.26. The van der Waals surface area contributed by atoms with Gasteiger partial charge in [-0.1, -0.05) is 0 Å². The molecule has 1 atom stereocenters. The van der Waals surface area contributed by atoms with E-state index >= 15 is 0 Å². The van der Waals surface area contributed by atoms with Gasteiger partial charge in [-0.15, -0.1) is 11.3 Å². The zero-order valence-corrected chi connectivity index (χ0v) is 14.2. The summed E-state index contributed by atoms with van der Waals surface area (Å²) in [6.45, 7) is 2.34. The highest BCUT2D eigenvalue weighted by Crippen LogP contribution is 2.25. The molecule has 24 heavy (non-hydrogen) atoms. The SMILES string of the molecule is O=S(=O)(Nc1cscn1)c1c(F)cc(NC[C@H]2CCNC2)cc1F. The van der Waals surface area contributed by atoms with Gasteiger partial charge in [0.1, 0.15) is 11.6 Å². The molecule has 0 aliphatic carbocycles. The number of benzene rings is 1. The van der Waals surface area contributed by atoms with Crippen molar-refractivity contribution in [3.8, 4) is 0 Å². The molecule has 0 spiro atoms. The quantitative estimate of drug-likeness (QED) is 0.722. The Morgan fingerprint density at radius 2 is 2.08 bits per heavy atom. The molecule has 1 aliphatic rings. The molecule has 6 nitrogen and oxygen atoms in total. The fraction of sp³-hybridized carbons (Fsp3) is 0.357. The second-order valence-electron chi connectivity index (χ2n) is 5.49. The van der Waals surface area contributed by atoms with Gasteiger partial charge in [0.2, 0.25) is 0 Å². The molecule has 1 saturated heterocycles. The number of hydrogen-bond donors (Lipinski definition) is 3. The third kappa shape index (κ3) is 3.82. The minimum atomic E-state index is -4.39. The Bertz CT molecular complexity index is 783. The van der Waals surface area contributed by atoms with Gasteiger partial charge < -0.3 is 10.6 Å². The number of anilines is 2. The molecule has 0 amide bonds. The van der Waals surface area contributed by atoms with Gasteiger partial charge in [0.15, 0.2) is 10.7 Å². The van der Waals surface area contributed by atoms with E-state index in [0.29, 0.717) is 12.5 Å². The minimum absolute atomic E-state index is 0.0229. The first-order valence-electron chi connectivity index (χ1n) is 7.30. The zero-order chi connectivity index (χ0) is 17.2. The number of nitrogens with zero attached hydrogens (tertiary/aromatic N) is 1. The van der Waals surface area contributed by atoms with Gasteiger partial charge in [-0.25, -0.2) is 22.2 Å². The topological polar surface area (TPSA) is 83.1 Å². The largest absolute Gasteiger partial charge is 0.385 e. The summed E-state index contributed by atoms with van der Waals surface area (Å²) in [4.78, 5) is 2.73. The van der Waals surface area contributed by atoms with Crippen molar-refractivity contribution in [1.29, 1.82) is 0 Å². The molecule has 1 aromatic carbocycles. The van der Waals surface area contributed by atoms with Crippen LogP contribution in [0.2, 0.25) is 0 Å². The maximum Gasteiger partial charge on any atom is 0.268 e. The van der Waals surface area contributed by atoms with E-state index in [4.69, 9.17) is 0 Å². The lowest BCUT2D eigenvalue weighted by atomic mass is 10.1. The molecule has 3 rings (SSSR count). The van der Waals surface area contributed by atoms with E-state index in [0.717, 1.165) is 43.0 Å². The Morgan fingerprint density at radius 1 is 1.33 bits per heavy atom. The van der Waals surface area contributed by atoms with Crippen molar-refractivity contribution in [1.82, 2.24) is 10.3 Å². The second-order valence-corrected chi connectivity index (χ2v) is 7.83. The first-order chi connectivity index (χ1) is 11.5. The third-order valence-corrected chi connectivity index (χ3v) is 5.69. The van der Waals surface area contributed by atoms with Gasteiger partial charge >= 0.3 is 0 Å². The lowest BCUT2D eigenvalue weighted by Crippen LogP contribution is -2.19. The van der Waals surface area contributed by atoms with Crippen LogP contribution >= 0.6 is 11.3 Å². The van der Waals surface area contributed by atoms with Crippen molar-refractivity contribution in [2.75, 3.05) is 29.7 Å². The van der Waals surface area contributed by atoms with Gasteiger partial charge in [0.05, 0.1) is 5.51 Å². The summed E-state index contributed by atoms with van der Waals surface area (Å²) >= 11 is 1.16. The van der Waals surface area contributed by atoms with Crippen molar-refractivity contribution >= 4 is 32.9 Å². The Balaban J connectivity index is 1.78. The molecule has 0 radical (unpaired) electrons. The number of halogens is 2. The van der Waals surface area contributed by atoms with Crippen LogP contribution in [0.3, 0.4) is 0 Å². The lowest BCUT2D eigenvalue weighted by Gasteiger charge is -2.13. The van der Waals surface area contributed by atoms with E-state index in [1.54, 1.807) is 0 Å². The highest BCUT2D eigenvalue weighted by atomic mass is 32.2. The zero-order valence-electron chi connectivity index (χ0n) is 12.6. The van der Waals surface area contributed by atoms with Crippen molar-refractivity contribution in [3.05, 3.63) is 34.7 Å². The first kappa shape index (κ1) is 17.1. The van der Waals surface area contributed by atoms with Crippen LogP contribution in [0.4, 0.5) is 20.3 Å². The van der Waals surface area contributed by atoms with Gasteiger partial charge in [0, 0.05) is 17.6 Å². The van der Waals surface area contributed by atoms with E-state index in [2.05, 4.69) is 20.3 Å². The average Bonchev–Trinajstić information content (AvgIpc) is 3.16. The summed E-state index contributed by atoms with van der Waals surface area (Å²) in [6, 6.07) is 1.97. The smallest absolute Gasteiger partial charge is 0.268 e. The molecule has 1 aliphatic heterocycles. The summed E-state index contributed by atoms with van der Waals surface area (Å²) in [5.41, 5.74) is 1.62. The molecule has 0 bridgehead atoms. The Labute approximate surface area is 142 Å². The molecule has 0 unspecified atom stereocenters. The van der Waals surface area contributed by atoms with Crippen LogP contribution in [0.5, 0.6) is 0 Å². The number of thiazole rings is 1. The first-order valence-corrected chi connectivity index (χ1v) is 9.73. The maximum atomic E-state index is 14.2. The van der Waals surface area contributed by atoms with E-state index in [9.17, 15) is 17.2 Å². The number of sulfonamides is 1. The summed E-state index contributed by atoms with van der Waals surface area (Å²) in [7, 11) is -4.39. The molecular formula is C14H16F2N4O2S2. The van der Waals surface area contributed by atoms with Crippen molar-refractivity contribution in [2.24, 2.45) is 5.92 Å². The summed E-state index contributed by atoms with van der Waals surface area (Å²) in [5, 5.41) is 7.58. The van der Waals surface area contributed by atoms with E-state index in [-0.39, 0.29) is 11.5 Å². The van der Waals surface area contributed by atoms with Crippen LogP contribution in [0.25, 0.3) is 0 Å². The Kier molecular flexibility index (Phi) is 4.97. The standard InChI is InChI=1S/C14H16F2N4O2S2/c15-11-3-10(18-6-9-1-2-17-5-9)4-12(16)14(11)24(21,22)20-13-7-23-8-19-13/h3-4,7-9,17-18,20H,1-2,5-6H2/t9-/m0/s1. The van der Waals surface area contributed by atoms with Gasteiger partial charge in [-0.2, -0.15) is 0 Å². The molecule has 130 valence electrons. The fourth-order valence-corrected chi connectivity index (χ4v) is 4.20. The minimum Gasteiger partial charge on any atom is -0.385 e. The van der Waals surface area contributed by atoms with Gasteiger partial charge in [-0.3, -0.25) is 4.72 Å². The number of aromatic nitrogens is 1. The lowest BCUT2D eigenvalue weighted by molar-refractivity contribution is 0.521. The van der Waals surface area contributed by atoms with E-state index in [1.165, 1.54) is 10.9 Å². The summed E-state index contributed by atoms with van der Waals surface area (Å²) in [6.07, 6.45) is 0.988. The summed E-state index contributed by atoms with van der Waals surface area (Å²) < 4.78 is 54.8. The van der Waals surface area contributed by atoms with E-state index in [1.807, 2.05) is 0 Å².